The van der Waals surface area contributed by atoms with Gasteiger partial charge in [-0.3, -0.25) is 4.79 Å². The maximum absolute atomic E-state index is 12.1. The number of ether oxygens (including phenoxy) is 1. The Labute approximate surface area is 166 Å². The van der Waals surface area contributed by atoms with Crippen molar-refractivity contribution in [2.24, 2.45) is 0 Å². The molecule has 3 aromatic rings. The first-order valence-corrected chi connectivity index (χ1v) is 10.4. The summed E-state index contributed by atoms with van der Waals surface area (Å²) in [5, 5.41) is 7.09. The molecule has 1 atom stereocenters. The predicted molar refractivity (Wildman–Crippen MR) is 109 cm³/mol. The lowest BCUT2D eigenvalue weighted by atomic mass is 9.99. The van der Waals surface area contributed by atoms with Crippen LogP contribution < -0.4 is 5.32 Å². The fraction of sp³-hybridized carbons (Fsp3) is 0.250. The number of thiazole rings is 1. The van der Waals surface area contributed by atoms with Crippen molar-refractivity contribution in [1.82, 2.24) is 4.98 Å². The fourth-order valence-electron chi connectivity index (χ4n) is 2.41. The van der Waals surface area contributed by atoms with Crippen molar-refractivity contribution in [2.75, 3.05) is 11.9 Å². The van der Waals surface area contributed by atoms with E-state index in [2.05, 4.69) is 24.1 Å². The van der Waals surface area contributed by atoms with Crippen LogP contribution in [0.3, 0.4) is 0 Å². The normalized spacial score (nSPS) is 11.8. The minimum Gasteiger partial charge on any atom is -0.451 e. The second-order valence-corrected chi connectivity index (χ2v) is 7.88. The Kier molecular flexibility index (Phi) is 6.36. The molecule has 0 aliphatic heterocycles. The van der Waals surface area contributed by atoms with Crippen LogP contribution in [0.25, 0.3) is 9.88 Å². The number of esters is 1. The summed E-state index contributed by atoms with van der Waals surface area (Å²) in [6, 6.07) is 11.6. The number of nitrogens with zero attached hydrogens (tertiary/aromatic N) is 1. The predicted octanol–water partition coefficient (Wildman–Crippen LogP) is 5.18. The van der Waals surface area contributed by atoms with Crippen LogP contribution in [0.5, 0.6) is 0 Å². The van der Waals surface area contributed by atoms with Crippen LogP contribution in [0.15, 0.2) is 47.2 Å². The number of hydrogen-bond acceptors (Lipinski definition) is 6. The minimum atomic E-state index is -0.601. The van der Waals surface area contributed by atoms with E-state index >= 15 is 0 Å². The highest BCUT2D eigenvalue weighted by Crippen LogP contribution is 2.28. The summed E-state index contributed by atoms with van der Waals surface area (Å²) in [4.78, 5) is 29.4. The second-order valence-electron chi connectivity index (χ2n) is 6.07. The van der Waals surface area contributed by atoms with E-state index in [9.17, 15) is 9.59 Å². The van der Waals surface area contributed by atoms with Gasteiger partial charge in [-0.15, -0.1) is 22.7 Å². The van der Waals surface area contributed by atoms with Crippen molar-refractivity contribution in [2.45, 2.75) is 26.2 Å². The van der Waals surface area contributed by atoms with Gasteiger partial charge in [0.1, 0.15) is 5.01 Å². The number of thiophene rings is 1. The molecule has 5 nitrogen and oxygen atoms in total. The highest BCUT2D eigenvalue weighted by molar-refractivity contribution is 7.20. The molecule has 1 aromatic carbocycles. The topological polar surface area (TPSA) is 68.3 Å². The lowest BCUT2D eigenvalue weighted by Gasteiger charge is -2.10. The van der Waals surface area contributed by atoms with Gasteiger partial charge in [-0.05, 0) is 41.5 Å². The van der Waals surface area contributed by atoms with Gasteiger partial charge >= 0.3 is 5.97 Å². The molecule has 0 bridgehead atoms. The summed E-state index contributed by atoms with van der Waals surface area (Å²) < 4.78 is 5.07. The molecule has 0 unspecified atom stereocenters. The Balaban J connectivity index is 1.51. The van der Waals surface area contributed by atoms with E-state index in [0.717, 1.165) is 16.3 Å². The zero-order chi connectivity index (χ0) is 19.2. The van der Waals surface area contributed by atoms with Crippen molar-refractivity contribution in [3.63, 3.8) is 0 Å². The first-order valence-electron chi connectivity index (χ1n) is 8.63. The summed E-state index contributed by atoms with van der Waals surface area (Å²) in [5.74, 6) is -0.502. The average molecular weight is 401 g/mol. The Hall–Kier alpha value is -2.51. The first-order chi connectivity index (χ1) is 13.1. The lowest BCUT2D eigenvalue weighted by Crippen LogP contribution is -2.21. The van der Waals surface area contributed by atoms with Gasteiger partial charge in [0.25, 0.3) is 5.91 Å². The van der Waals surface area contributed by atoms with E-state index in [1.807, 2.05) is 41.8 Å². The fourth-order valence-corrected chi connectivity index (χ4v) is 4.02. The summed E-state index contributed by atoms with van der Waals surface area (Å²) in [6.45, 7) is 3.95. The first kappa shape index (κ1) is 19.3. The molecular weight excluding hydrogens is 380 g/mol. The van der Waals surface area contributed by atoms with E-state index in [4.69, 9.17) is 4.74 Å². The number of hydrogen-bond donors (Lipinski definition) is 1. The molecule has 0 aliphatic carbocycles. The summed E-state index contributed by atoms with van der Waals surface area (Å²) in [7, 11) is 0. The SMILES string of the molecule is CC[C@H](C)c1ccc(NC(=O)COC(=O)c2csc(-c3cccs3)n2)cc1. The lowest BCUT2D eigenvalue weighted by molar-refractivity contribution is -0.119. The van der Waals surface area contributed by atoms with E-state index < -0.39 is 5.97 Å². The molecule has 140 valence electrons. The Morgan fingerprint density at radius 1 is 1.19 bits per heavy atom. The van der Waals surface area contributed by atoms with Gasteiger partial charge in [0.15, 0.2) is 12.3 Å². The van der Waals surface area contributed by atoms with Crippen molar-refractivity contribution < 1.29 is 14.3 Å². The number of anilines is 1. The van der Waals surface area contributed by atoms with Crippen LogP contribution in [0.1, 0.15) is 42.2 Å². The second kappa shape index (κ2) is 8.92. The van der Waals surface area contributed by atoms with Gasteiger partial charge in [-0.1, -0.05) is 32.0 Å². The molecule has 0 spiro atoms. The number of rotatable bonds is 7. The van der Waals surface area contributed by atoms with Crippen molar-refractivity contribution in [3.05, 3.63) is 58.4 Å². The number of aromatic nitrogens is 1. The van der Waals surface area contributed by atoms with Gasteiger partial charge in [0.05, 0.1) is 4.88 Å². The third kappa shape index (κ3) is 5.02. The quantitative estimate of drug-likeness (QED) is 0.555. The van der Waals surface area contributed by atoms with Crippen molar-refractivity contribution in [1.29, 1.82) is 0 Å². The molecule has 2 heterocycles. The maximum Gasteiger partial charge on any atom is 0.358 e. The highest BCUT2D eigenvalue weighted by Gasteiger charge is 2.15. The zero-order valence-corrected chi connectivity index (χ0v) is 16.7. The summed E-state index contributed by atoms with van der Waals surface area (Å²) in [5.41, 5.74) is 2.12. The molecule has 1 N–H and O–H groups in total. The van der Waals surface area contributed by atoms with E-state index in [-0.39, 0.29) is 18.2 Å². The number of nitrogens with one attached hydrogen (secondary N) is 1. The van der Waals surface area contributed by atoms with Gasteiger partial charge in [-0.2, -0.15) is 0 Å². The highest BCUT2D eigenvalue weighted by atomic mass is 32.1. The minimum absolute atomic E-state index is 0.217. The molecule has 0 aliphatic rings. The molecule has 0 saturated carbocycles. The van der Waals surface area contributed by atoms with Crippen LogP contribution in [0, 0.1) is 0 Å². The third-order valence-electron chi connectivity index (χ3n) is 4.16. The number of carbonyl (C=O) groups excluding carboxylic acids is 2. The molecule has 0 saturated heterocycles. The molecule has 27 heavy (non-hydrogen) atoms. The van der Waals surface area contributed by atoms with Crippen molar-refractivity contribution in [3.8, 4) is 9.88 Å². The molecule has 2 aromatic heterocycles. The van der Waals surface area contributed by atoms with Gasteiger partial charge in [-0.25, -0.2) is 9.78 Å². The Morgan fingerprint density at radius 3 is 2.63 bits per heavy atom. The third-order valence-corrected chi connectivity index (χ3v) is 6.04. The average Bonchev–Trinajstić information content (AvgIpc) is 3.37. The van der Waals surface area contributed by atoms with Crippen LogP contribution in [-0.2, 0) is 9.53 Å². The molecular formula is C20H20N2O3S2. The number of carbonyl (C=O) groups is 2. The van der Waals surface area contributed by atoms with Crippen molar-refractivity contribution >= 4 is 40.2 Å². The Bertz CT molecular complexity index is 902. The molecule has 7 heteroatoms. The smallest absolute Gasteiger partial charge is 0.358 e. The van der Waals surface area contributed by atoms with Crippen LogP contribution >= 0.6 is 22.7 Å². The van der Waals surface area contributed by atoms with Gasteiger partial charge in [0.2, 0.25) is 0 Å². The van der Waals surface area contributed by atoms with E-state index in [1.54, 1.807) is 16.7 Å². The summed E-state index contributed by atoms with van der Waals surface area (Å²) in [6.07, 6.45) is 1.06. The molecule has 3 rings (SSSR count). The molecule has 0 fully saturated rings. The molecule has 1 amide bonds. The standard InChI is InChI=1S/C20H20N2O3S2/c1-3-13(2)14-6-8-15(9-7-14)21-18(23)11-25-20(24)16-12-27-19(22-16)17-5-4-10-26-17/h4-10,12-13H,3,11H2,1-2H3,(H,21,23)/t13-/m0/s1. The monoisotopic (exact) mass is 400 g/mol. The van der Waals surface area contributed by atoms with Crippen LogP contribution in [0.2, 0.25) is 0 Å². The zero-order valence-electron chi connectivity index (χ0n) is 15.1. The number of amides is 1. The number of benzene rings is 1. The summed E-state index contributed by atoms with van der Waals surface area (Å²) >= 11 is 2.93. The molecule has 0 radical (unpaired) electrons. The largest absolute Gasteiger partial charge is 0.451 e. The van der Waals surface area contributed by atoms with Crippen LogP contribution in [-0.4, -0.2) is 23.5 Å². The van der Waals surface area contributed by atoms with Gasteiger partial charge < -0.3 is 10.1 Å². The van der Waals surface area contributed by atoms with Gasteiger partial charge in [0, 0.05) is 11.1 Å². The van der Waals surface area contributed by atoms with E-state index in [1.165, 1.54) is 16.9 Å². The Morgan fingerprint density at radius 2 is 1.96 bits per heavy atom. The van der Waals surface area contributed by atoms with Crippen LogP contribution in [0.4, 0.5) is 5.69 Å². The van der Waals surface area contributed by atoms with E-state index in [0.29, 0.717) is 11.6 Å². The maximum atomic E-state index is 12.1.